The van der Waals surface area contributed by atoms with Gasteiger partial charge in [0.05, 0.1) is 0 Å². The lowest BCUT2D eigenvalue weighted by Gasteiger charge is -2.10. The molecule has 6 heteroatoms. The Morgan fingerprint density at radius 1 is 1.17 bits per heavy atom. The minimum atomic E-state index is 0. The fourth-order valence-corrected chi connectivity index (χ4v) is 1.72. The molecule has 12 heavy (non-hydrogen) atoms. The average Bonchev–Trinajstić information content (AvgIpc) is 2.34. The molecule has 0 amide bonds. The van der Waals surface area contributed by atoms with Crippen molar-refractivity contribution in [2.75, 3.05) is 26.1 Å². The molecule has 1 rings (SSSR count). The normalized spacial score (nSPS) is 15.8. The fourth-order valence-electron chi connectivity index (χ4n) is 0.944. The summed E-state index contributed by atoms with van der Waals surface area (Å²) >= 11 is 1.80. The molecule has 0 atom stereocenters. The third kappa shape index (κ3) is 6.75. The molecule has 0 unspecified atom stereocenters. The van der Waals surface area contributed by atoms with Crippen LogP contribution in [0.4, 0.5) is 14.1 Å². The Bertz CT molecular complexity index is 83.2. The maximum Gasteiger partial charge on any atom is 0.106 e. The molecular weight excluding hydrogens is 191 g/mol. The van der Waals surface area contributed by atoms with Crippen LogP contribution in [0, 0.1) is 0 Å². The standard InChI is InChI=1S/C6H13NOS.3FH/c1-8-6-9-7-4-2-3-5-7;;;/h2-6H2,1H3;3*1H. The molecule has 0 radical (unpaired) electrons. The summed E-state index contributed by atoms with van der Waals surface area (Å²) in [5.74, 6) is 0.806. The smallest absolute Gasteiger partial charge is 0.106 e. The van der Waals surface area contributed by atoms with Crippen molar-refractivity contribution in [2.24, 2.45) is 0 Å². The topological polar surface area (TPSA) is 12.5 Å². The summed E-state index contributed by atoms with van der Waals surface area (Å²) in [6, 6.07) is 0. The summed E-state index contributed by atoms with van der Waals surface area (Å²) < 4.78 is 7.29. The number of ether oxygens (including phenoxy) is 1. The molecule has 0 bridgehead atoms. The highest BCUT2D eigenvalue weighted by Gasteiger charge is 2.10. The van der Waals surface area contributed by atoms with Crippen molar-refractivity contribution in [3.8, 4) is 0 Å². The van der Waals surface area contributed by atoms with Crippen molar-refractivity contribution in [1.29, 1.82) is 0 Å². The van der Waals surface area contributed by atoms with Crippen LogP contribution in [-0.2, 0) is 4.74 Å². The van der Waals surface area contributed by atoms with E-state index in [1.54, 1.807) is 19.1 Å². The van der Waals surface area contributed by atoms with Gasteiger partial charge in [0.2, 0.25) is 0 Å². The lowest BCUT2D eigenvalue weighted by atomic mass is 10.4. The van der Waals surface area contributed by atoms with E-state index < -0.39 is 0 Å². The molecule has 1 fully saturated rings. The molecule has 78 valence electrons. The van der Waals surface area contributed by atoms with Crippen molar-refractivity contribution in [1.82, 2.24) is 4.31 Å². The summed E-state index contributed by atoms with van der Waals surface area (Å²) in [4.78, 5) is 0. The highest BCUT2D eigenvalue weighted by molar-refractivity contribution is 7.96. The van der Waals surface area contributed by atoms with Gasteiger partial charge < -0.3 is 4.74 Å². The minimum absolute atomic E-state index is 0. The number of nitrogens with zero attached hydrogens (tertiary/aromatic N) is 1. The van der Waals surface area contributed by atoms with Gasteiger partial charge in [0.1, 0.15) is 5.94 Å². The molecule has 0 aromatic rings. The molecule has 0 N–H and O–H groups in total. The van der Waals surface area contributed by atoms with Gasteiger partial charge in [-0.05, 0) is 12.8 Å². The van der Waals surface area contributed by atoms with Crippen molar-refractivity contribution in [3.05, 3.63) is 0 Å². The van der Waals surface area contributed by atoms with Gasteiger partial charge in [-0.15, -0.1) is 0 Å². The van der Waals surface area contributed by atoms with E-state index in [-0.39, 0.29) is 14.1 Å². The number of rotatable bonds is 3. The van der Waals surface area contributed by atoms with Gasteiger partial charge in [-0.2, -0.15) is 0 Å². The van der Waals surface area contributed by atoms with E-state index in [2.05, 4.69) is 4.31 Å². The van der Waals surface area contributed by atoms with Crippen molar-refractivity contribution >= 4 is 11.9 Å². The summed E-state index contributed by atoms with van der Waals surface area (Å²) in [5.41, 5.74) is 0. The Morgan fingerprint density at radius 3 is 2.08 bits per heavy atom. The van der Waals surface area contributed by atoms with E-state index >= 15 is 0 Å². The highest BCUT2D eigenvalue weighted by Crippen LogP contribution is 2.17. The Labute approximate surface area is 74.9 Å². The molecule has 1 saturated heterocycles. The largest absolute Gasteiger partial charge is 0.373 e. The zero-order valence-electron chi connectivity index (χ0n) is 7.02. The third-order valence-electron chi connectivity index (χ3n) is 1.42. The van der Waals surface area contributed by atoms with E-state index in [1.807, 2.05) is 0 Å². The summed E-state index contributed by atoms with van der Waals surface area (Å²) in [6.07, 6.45) is 2.72. The number of hydrogen-bond donors (Lipinski definition) is 0. The lowest BCUT2D eigenvalue weighted by molar-refractivity contribution is 0.255. The van der Waals surface area contributed by atoms with Crippen LogP contribution in [-0.4, -0.2) is 30.4 Å². The average molecular weight is 207 g/mol. The first-order valence-corrected chi connectivity index (χ1v) is 4.24. The van der Waals surface area contributed by atoms with Crippen LogP contribution in [0.2, 0.25) is 0 Å². The first-order chi connectivity index (χ1) is 4.43. The highest BCUT2D eigenvalue weighted by atomic mass is 32.2. The predicted octanol–water partition coefficient (Wildman–Crippen LogP) is 1.79. The van der Waals surface area contributed by atoms with E-state index in [1.165, 1.54) is 25.9 Å². The van der Waals surface area contributed by atoms with Crippen LogP contribution in [0.25, 0.3) is 0 Å². The second-order valence-electron chi connectivity index (χ2n) is 2.17. The van der Waals surface area contributed by atoms with Gasteiger partial charge in [-0.3, -0.25) is 14.1 Å². The summed E-state index contributed by atoms with van der Waals surface area (Å²) in [6.45, 7) is 2.49. The van der Waals surface area contributed by atoms with E-state index in [0.29, 0.717) is 0 Å². The Morgan fingerprint density at radius 2 is 1.67 bits per heavy atom. The third-order valence-corrected chi connectivity index (χ3v) is 2.49. The first-order valence-electron chi connectivity index (χ1n) is 3.30. The van der Waals surface area contributed by atoms with Crippen LogP contribution in [0.1, 0.15) is 12.8 Å². The molecule has 0 spiro atoms. The molecule has 0 saturated carbocycles. The Balaban J connectivity index is -0.000000270. The maximum atomic E-state index is 4.93. The van der Waals surface area contributed by atoms with E-state index in [4.69, 9.17) is 4.74 Å². The first kappa shape index (κ1) is 18.0. The number of halogens is 3. The van der Waals surface area contributed by atoms with E-state index in [9.17, 15) is 0 Å². The number of methoxy groups -OCH3 is 1. The Kier molecular flexibility index (Phi) is 16.6. The zero-order valence-corrected chi connectivity index (χ0v) is 7.84. The molecule has 1 aliphatic heterocycles. The van der Waals surface area contributed by atoms with Crippen LogP contribution in [0.3, 0.4) is 0 Å². The van der Waals surface area contributed by atoms with Gasteiger partial charge in [0.25, 0.3) is 0 Å². The van der Waals surface area contributed by atoms with Gasteiger partial charge in [0, 0.05) is 20.2 Å². The zero-order chi connectivity index (χ0) is 6.53. The molecule has 0 aromatic carbocycles. The van der Waals surface area contributed by atoms with Crippen LogP contribution >= 0.6 is 11.9 Å². The molecule has 1 aliphatic rings. The van der Waals surface area contributed by atoms with Crippen molar-refractivity contribution in [3.63, 3.8) is 0 Å². The second-order valence-corrected chi connectivity index (χ2v) is 3.18. The predicted molar refractivity (Wildman–Crippen MR) is 47.8 cm³/mol. The van der Waals surface area contributed by atoms with Gasteiger partial charge in [-0.25, -0.2) is 4.31 Å². The monoisotopic (exact) mass is 207 g/mol. The molecule has 0 aromatic heterocycles. The van der Waals surface area contributed by atoms with Gasteiger partial charge >= 0.3 is 0 Å². The van der Waals surface area contributed by atoms with Crippen molar-refractivity contribution in [2.45, 2.75) is 12.8 Å². The lowest BCUT2D eigenvalue weighted by Crippen LogP contribution is -2.10. The van der Waals surface area contributed by atoms with Crippen LogP contribution in [0.15, 0.2) is 0 Å². The second kappa shape index (κ2) is 11.1. The summed E-state index contributed by atoms with van der Waals surface area (Å²) in [7, 11) is 1.74. The Hall–Kier alpha value is 0.0600. The minimum Gasteiger partial charge on any atom is -0.373 e. The van der Waals surface area contributed by atoms with E-state index in [0.717, 1.165) is 5.94 Å². The van der Waals surface area contributed by atoms with Gasteiger partial charge in [-0.1, -0.05) is 11.9 Å². The van der Waals surface area contributed by atoms with Crippen LogP contribution < -0.4 is 0 Å². The van der Waals surface area contributed by atoms with Crippen molar-refractivity contribution < 1.29 is 18.9 Å². The molecule has 1 heterocycles. The quantitative estimate of drug-likeness (QED) is 0.517. The SMILES string of the molecule is COCSN1CCCC1.F.F.F. The molecule has 2 nitrogen and oxygen atoms in total. The summed E-state index contributed by atoms with van der Waals surface area (Å²) in [5, 5.41) is 0. The molecular formula is C6H16F3NOS. The fraction of sp³-hybridized carbons (Fsp3) is 1.00. The van der Waals surface area contributed by atoms with Crippen LogP contribution in [0.5, 0.6) is 0 Å². The molecule has 0 aliphatic carbocycles. The van der Waals surface area contributed by atoms with Gasteiger partial charge in [0.15, 0.2) is 0 Å². The maximum absolute atomic E-state index is 4.93. The number of hydrogen-bond acceptors (Lipinski definition) is 3.